The molecule has 18 heavy (non-hydrogen) atoms. The molecule has 96 valence electrons. The van der Waals surface area contributed by atoms with E-state index < -0.39 is 0 Å². The Labute approximate surface area is 108 Å². The van der Waals surface area contributed by atoms with E-state index >= 15 is 0 Å². The van der Waals surface area contributed by atoms with Gasteiger partial charge in [0.15, 0.2) is 0 Å². The van der Waals surface area contributed by atoms with Gasteiger partial charge < -0.3 is 15.8 Å². The Balaban J connectivity index is 2.63. The molecule has 0 bridgehead atoms. The highest BCUT2D eigenvalue weighted by Crippen LogP contribution is 2.32. The standard InChI is InChI=1S/C15H20N2O/c1-3-17-13(10-16)15-12-7-5-4-6-11(12)8-9-14(15)18-2/h4-9,13,17H,3,10,16H2,1-2H3. The van der Waals surface area contributed by atoms with Crippen LogP contribution < -0.4 is 15.8 Å². The normalized spacial score (nSPS) is 12.6. The summed E-state index contributed by atoms with van der Waals surface area (Å²) in [5.74, 6) is 0.894. The van der Waals surface area contributed by atoms with Crippen LogP contribution in [0.2, 0.25) is 0 Å². The monoisotopic (exact) mass is 244 g/mol. The largest absolute Gasteiger partial charge is 0.496 e. The molecule has 1 unspecified atom stereocenters. The number of nitrogens with one attached hydrogen (secondary N) is 1. The lowest BCUT2D eigenvalue weighted by Crippen LogP contribution is -2.28. The molecule has 0 heterocycles. The van der Waals surface area contributed by atoms with Crippen LogP contribution in [0.1, 0.15) is 18.5 Å². The van der Waals surface area contributed by atoms with Gasteiger partial charge in [0.1, 0.15) is 5.75 Å². The van der Waals surface area contributed by atoms with Gasteiger partial charge in [0, 0.05) is 18.2 Å². The van der Waals surface area contributed by atoms with E-state index in [4.69, 9.17) is 10.5 Å². The topological polar surface area (TPSA) is 47.3 Å². The molecule has 3 N–H and O–H groups in total. The summed E-state index contributed by atoms with van der Waals surface area (Å²) in [5, 5.41) is 5.83. The molecular weight excluding hydrogens is 224 g/mol. The van der Waals surface area contributed by atoms with Gasteiger partial charge in [-0.3, -0.25) is 0 Å². The minimum absolute atomic E-state index is 0.121. The molecule has 0 fully saturated rings. The summed E-state index contributed by atoms with van der Waals surface area (Å²) in [4.78, 5) is 0. The Kier molecular flexibility index (Phi) is 4.18. The number of benzene rings is 2. The molecule has 3 heteroatoms. The Morgan fingerprint density at radius 1 is 1.22 bits per heavy atom. The Morgan fingerprint density at radius 2 is 2.00 bits per heavy atom. The van der Waals surface area contributed by atoms with Crippen molar-refractivity contribution in [2.45, 2.75) is 13.0 Å². The fourth-order valence-corrected chi connectivity index (χ4v) is 2.36. The van der Waals surface area contributed by atoms with E-state index in [0.29, 0.717) is 6.54 Å². The van der Waals surface area contributed by atoms with Crippen molar-refractivity contribution >= 4 is 10.8 Å². The summed E-state index contributed by atoms with van der Waals surface area (Å²) in [7, 11) is 1.70. The predicted octanol–water partition coefficient (Wildman–Crippen LogP) is 2.46. The van der Waals surface area contributed by atoms with E-state index in [1.54, 1.807) is 7.11 Å². The van der Waals surface area contributed by atoms with E-state index in [2.05, 4.69) is 30.4 Å². The smallest absolute Gasteiger partial charge is 0.124 e. The molecule has 0 aromatic heterocycles. The van der Waals surface area contributed by atoms with Crippen LogP contribution in [-0.2, 0) is 0 Å². The van der Waals surface area contributed by atoms with Crippen LogP contribution >= 0.6 is 0 Å². The summed E-state index contributed by atoms with van der Waals surface area (Å²) in [6, 6.07) is 12.5. The number of nitrogens with two attached hydrogens (primary N) is 1. The van der Waals surface area contributed by atoms with Crippen LogP contribution in [0.3, 0.4) is 0 Å². The third-order valence-electron chi connectivity index (χ3n) is 3.19. The van der Waals surface area contributed by atoms with Gasteiger partial charge in [-0.1, -0.05) is 37.3 Å². The number of hydrogen-bond donors (Lipinski definition) is 2. The van der Waals surface area contributed by atoms with Crippen LogP contribution in [0, 0.1) is 0 Å². The van der Waals surface area contributed by atoms with Crippen molar-refractivity contribution in [2.24, 2.45) is 5.73 Å². The van der Waals surface area contributed by atoms with E-state index in [-0.39, 0.29) is 6.04 Å². The summed E-state index contributed by atoms with van der Waals surface area (Å²) in [6.07, 6.45) is 0. The third-order valence-corrected chi connectivity index (χ3v) is 3.19. The molecule has 2 aromatic carbocycles. The first-order valence-electron chi connectivity index (χ1n) is 6.30. The van der Waals surface area contributed by atoms with Crippen molar-refractivity contribution in [3.8, 4) is 5.75 Å². The van der Waals surface area contributed by atoms with Gasteiger partial charge in [0.05, 0.1) is 7.11 Å². The zero-order valence-corrected chi connectivity index (χ0v) is 10.9. The maximum Gasteiger partial charge on any atom is 0.124 e. The lowest BCUT2D eigenvalue weighted by atomic mass is 9.97. The third kappa shape index (κ3) is 2.33. The number of methoxy groups -OCH3 is 1. The highest BCUT2D eigenvalue weighted by Gasteiger charge is 2.16. The molecule has 1 atom stereocenters. The second-order valence-electron chi connectivity index (χ2n) is 4.25. The average Bonchev–Trinajstić information content (AvgIpc) is 2.43. The van der Waals surface area contributed by atoms with Crippen LogP contribution in [0.4, 0.5) is 0 Å². The SMILES string of the molecule is CCNC(CN)c1c(OC)ccc2ccccc12. The molecule has 0 aliphatic carbocycles. The molecule has 3 nitrogen and oxygen atoms in total. The van der Waals surface area contributed by atoms with Crippen LogP contribution in [0.5, 0.6) is 5.75 Å². The minimum atomic E-state index is 0.121. The maximum atomic E-state index is 5.89. The fourth-order valence-electron chi connectivity index (χ4n) is 2.36. The van der Waals surface area contributed by atoms with E-state index in [1.165, 1.54) is 10.8 Å². The lowest BCUT2D eigenvalue weighted by Gasteiger charge is -2.21. The summed E-state index contributed by atoms with van der Waals surface area (Å²) in [6.45, 7) is 3.52. The Bertz CT molecular complexity index is 525. The van der Waals surface area contributed by atoms with E-state index in [9.17, 15) is 0 Å². The molecule has 2 aromatic rings. The van der Waals surface area contributed by atoms with Gasteiger partial charge in [-0.15, -0.1) is 0 Å². The first-order valence-corrected chi connectivity index (χ1v) is 6.30. The van der Waals surface area contributed by atoms with Crippen molar-refractivity contribution in [2.75, 3.05) is 20.2 Å². The van der Waals surface area contributed by atoms with Gasteiger partial charge in [0.25, 0.3) is 0 Å². The van der Waals surface area contributed by atoms with Gasteiger partial charge in [-0.05, 0) is 23.4 Å². The average molecular weight is 244 g/mol. The predicted molar refractivity (Wildman–Crippen MR) is 76.0 cm³/mol. The Hall–Kier alpha value is -1.58. The zero-order chi connectivity index (χ0) is 13.0. The number of fused-ring (bicyclic) bond motifs is 1. The molecule has 0 saturated carbocycles. The number of likely N-dealkylation sites (N-methyl/N-ethyl adjacent to an activating group) is 1. The minimum Gasteiger partial charge on any atom is -0.496 e. The highest BCUT2D eigenvalue weighted by atomic mass is 16.5. The molecule has 0 aliphatic heterocycles. The van der Waals surface area contributed by atoms with E-state index in [0.717, 1.165) is 17.9 Å². The number of ether oxygens (including phenoxy) is 1. The molecule has 0 radical (unpaired) electrons. The van der Waals surface area contributed by atoms with Crippen molar-refractivity contribution in [3.05, 3.63) is 42.0 Å². The van der Waals surface area contributed by atoms with E-state index in [1.807, 2.05) is 18.2 Å². The number of rotatable bonds is 5. The van der Waals surface area contributed by atoms with Crippen LogP contribution in [0.25, 0.3) is 10.8 Å². The first-order chi connectivity index (χ1) is 8.81. The zero-order valence-electron chi connectivity index (χ0n) is 10.9. The Morgan fingerprint density at radius 3 is 2.67 bits per heavy atom. The summed E-state index contributed by atoms with van der Waals surface area (Å²) >= 11 is 0. The first kappa shape index (κ1) is 12.9. The fraction of sp³-hybridized carbons (Fsp3) is 0.333. The highest BCUT2D eigenvalue weighted by molar-refractivity contribution is 5.88. The van der Waals surface area contributed by atoms with Gasteiger partial charge in [-0.25, -0.2) is 0 Å². The second-order valence-corrected chi connectivity index (χ2v) is 4.25. The molecule has 0 saturated heterocycles. The molecule has 0 aliphatic rings. The number of hydrogen-bond acceptors (Lipinski definition) is 3. The summed E-state index contributed by atoms with van der Waals surface area (Å²) in [5.41, 5.74) is 7.04. The van der Waals surface area contributed by atoms with Crippen LogP contribution in [0.15, 0.2) is 36.4 Å². The van der Waals surface area contributed by atoms with Gasteiger partial charge in [-0.2, -0.15) is 0 Å². The molecule has 0 amide bonds. The molecular formula is C15H20N2O. The van der Waals surface area contributed by atoms with Gasteiger partial charge >= 0.3 is 0 Å². The molecule has 2 rings (SSSR count). The van der Waals surface area contributed by atoms with Crippen LogP contribution in [-0.4, -0.2) is 20.2 Å². The maximum absolute atomic E-state index is 5.89. The quantitative estimate of drug-likeness (QED) is 0.849. The van der Waals surface area contributed by atoms with Crippen molar-refractivity contribution < 1.29 is 4.74 Å². The van der Waals surface area contributed by atoms with Crippen molar-refractivity contribution in [3.63, 3.8) is 0 Å². The summed E-state index contributed by atoms with van der Waals surface area (Å²) < 4.78 is 5.49. The lowest BCUT2D eigenvalue weighted by molar-refractivity contribution is 0.402. The van der Waals surface area contributed by atoms with Crippen molar-refractivity contribution in [1.29, 1.82) is 0 Å². The molecule has 0 spiro atoms. The second kappa shape index (κ2) is 5.85. The van der Waals surface area contributed by atoms with Crippen molar-refractivity contribution in [1.82, 2.24) is 5.32 Å². The van der Waals surface area contributed by atoms with Gasteiger partial charge in [0.2, 0.25) is 0 Å².